The van der Waals surface area contributed by atoms with Gasteiger partial charge in [0.15, 0.2) is 5.58 Å². The number of halogens is 1. The van der Waals surface area contributed by atoms with E-state index in [9.17, 15) is 10.2 Å². The Labute approximate surface area is 107 Å². The maximum atomic E-state index is 9.36. The molecule has 0 saturated carbocycles. The molecule has 0 aliphatic carbocycles. The third-order valence-corrected chi connectivity index (χ3v) is 2.87. The Hall–Kier alpha value is -2.20. The number of hydrogen-bond donors (Lipinski definition) is 2. The highest BCUT2D eigenvalue weighted by molar-refractivity contribution is 6.33. The molecular weight excluding hydrogens is 254 g/mol. The van der Waals surface area contributed by atoms with Crippen LogP contribution in [0, 0.1) is 0 Å². The summed E-state index contributed by atoms with van der Waals surface area (Å²) in [5, 5.41) is 19.0. The van der Waals surface area contributed by atoms with E-state index in [0.29, 0.717) is 27.6 Å². The van der Waals surface area contributed by atoms with Gasteiger partial charge in [-0.3, -0.25) is 0 Å². The Bertz CT molecular complexity index is 736. The Morgan fingerprint density at radius 3 is 2.50 bits per heavy atom. The molecular formula is C13H8ClNO3. The summed E-state index contributed by atoms with van der Waals surface area (Å²) in [7, 11) is 0. The zero-order valence-corrected chi connectivity index (χ0v) is 9.85. The molecule has 0 amide bonds. The van der Waals surface area contributed by atoms with Gasteiger partial charge in [-0.15, -0.1) is 0 Å². The van der Waals surface area contributed by atoms with Crippen molar-refractivity contribution in [3.63, 3.8) is 0 Å². The monoisotopic (exact) mass is 261 g/mol. The number of aromatic nitrogens is 1. The second kappa shape index (κ2) is 3.92. The fourth-order valence-corrected chi connectivity index (χ4v) is 1.96. The molecule has 5 heteroatoms. The lowest BCUT2D eigenvalue weighted by Gasteiger charge is -1.99. The van der Waals surface area contributed by atoms with Crippen LogP contribution in [0.1, 0.15) is 0 Å². The number of benzene rings is 2. The SMILES string of the molecule is Oc1ccc(-c2nc3cc(O)ccc3o2)c(Cl)c1. The van der Waals surface area contributed by atoms with Gasteiger partial charge in [0, 0.05) is 6.07 Å². The molecule has 0 aliphatic rings. The van der Waals surface area contributed by atoms with Gasteiger partial charge in [-0.25, -0.2) is 4.98 Å². The number of rotatable bonds is 1. The van der Waals surface area contributed by atoms with Crippen LogP contribution >= 0.6 is 11.6 Å². The second-order valence-electron chi connectivity index (χ2n) is 3.84. The van der Waals surface area contributed by atoms with E-state index in [2.05, 4.69) is 4.98 Å². The standard InChI is InChI=1S/C13H8ClNO3/c14-10-5-7(16)1-3-9(10)13-15-11-6-8(17)2-4-12(11)18-13/h1-6,16-17H. The number of oxazole rings is 1. The lowest BCUT2D eigenvalue weighted by atomic mass is 10.2. The third kappa shape index (κ3) is 1.76. The van der Waals surface area contributed by atoms with Crippen LogP contribution in [0.2, 0.25) is 5.02 Å². The van der Waals surface area contributed by atoms with Gasteiger partial charge in [-0.1, -0.05) is 11.6 Å². The van der Waals surface area contributed by atoms with Crippen molar-refractivity contribution in [3.8, 4) is 23.0 Å². The van der Waals surface area contributed by atoms with Crippen LogP contribution in [0.25, 0.3) is 22.6 Å². The Kier molecular flexibility index (Phi) is 2.38. The van der Waals surface area contributed by atoms with Crippen LogP contribution < -0.4 is 0 Å². The fourth-order valence-electron chi connectivity index (χ4n) is 1.71. The molecule has 1 aromatic heterocycles. The van der Waals surface area contributed by atoms with Gasteiger partial charge < -0.3 is 14.6 Å². The molecule has 0 spiro atoms. The van der Waals surface area contributed by atoms with Crippen LogP contribution in [0.15, 0.2) is 40.8 Å². The van der Waals surface area contributed by atoms with Gasteiger partial charge in [-0.05, 0) is 30.3 Å². The fraction of sp³-hybridized carbons (Fsp3) is 0. The maximum absolute atomic E-state index is 9.36. The van der Waals surface area contributed by atoms with Gasteiger partial charge in [0.25, 0.3) is 0 Å². The van der Waals surface area contributed by atoms with Crippen LogP contribution in [0.5, 0.6) is 11.5 Å². The molecule has 0 fully saturated rings. The first-order valence-corrected chi connectivity index (χ1v) is 5.60. The molecule has 4 nitrogen and oxygen atoms in total. The summed E-state index contributed by atoms with van der Waals surface area (Å²) in [6, 6.07) is 9.22. The summed E-state index contributed by atoms with van der Waals surface area (Å²) in [6.45, 7) is 0. The predicted molar refractivity (Wildman–Crippen MR) is 67.8 cm³/mol. The maximum Gasteiger partial charge on any atom is 0.228 e. The Morgan fingerprint density at radius 1 is 1.00 bits per heavy atom. The van der Waals surface area contributed by atoms with Gasteiger partial charge in [0.1, 0.15) is 17.0 Å². The summed E-state index contributed by atoms with van der Waals surface area (Å²) < 4.78 is 5.54. The number of phenols is 2. The summed E-state index contributed by atoms with van der Waals surface area (Å²) in [5.74, 6) is 0.553. The molecule has 18 heavy (non-hydrogen) atoms. The Balaban J connectivity index is 2.19. The predicted octanol–water partition coefficient (Wildman–Crippen LogP) is 3.56. The summed E-state index contributed by atoms with van der Waals surface area (Å²) in [6.07, 6.45) is 0. The van der Waals surface area contributed by atoms with Gasteiger partial charge in [0.2, 0.25) is 5.89 Å². The topological polar surface area (TPSA) is 66.5 Å². The molecule has 3 aromatic rings. The van der Waals surface area contributed by atoms with Crippen molar-refractivity contribution < 1.29 is 14.6 Å². The number of fused-ring (bicyclic) bond motifs is 1. The number of hydrogen-bond acceptors (Lipinski definition) is 4. The van der Waals surface area contributed by atoms with E-state index in [1.54, 1.807) is 12.1 Å². The lowest BCUT2D eigenvalue weighted by molar-refractivity contribution is 0.475. The molecule has 0 unspecified atom stereocenters. The van der Waals surface area contributed by atoms with E-state index < -0.39 is 0 Å². The van der Waals surface area contributed by atoms with E-state index >= 15 is 0 Å². The summed E-state index contributed by atoms with van der Waals surface area (Å²) >= 11 is 6.01. The first-order valence-electron chi connectivity index (χ1n) is 5.22. The third-order valence-electron chi connectivity index (χ3n) is 2.55. The van der Waals surface area contributed by atoms with Gasteiger partial charge in [-0.2, -0.15) is 0 Å². The molecule has 1 heterocycles. The van der Waals surface area contributed by atoms with Crippen LogP contribution in [0.3, 0.4) is 0 Å². The van der Waals surface area contributed by atoms with Crippen LogP contribution in [-0.2, 0) is 0 Å². The van der Waals surface area contributed by atoms with Crippen LogP contribution in [0.4, 0.5) is 0 Å². The minimum absolute atomic E-state index is 0.0810. The average Bonchev–Trinajstić information content (AvgIpc) is 2.71. The molecule has 0 bridgehead atoms. The molecule has 3 rings (SSSR count). The highest BCUT2D eigenvalue weighted by atomic mass is 35.5. The smallest absolute Gasteiger partial charge is 0.228 e. The molecule has 2 aromatic carbocycles. The first kappa shape index (κ1) is 10.9. The van der Waals surface area contributed by atoms with Crippen molar-refractivity contribution in [1.82, 2.24) is 4.98 Å². The highest BCUT2D eigenvalue weighted by Crippen LogP contribution is 2.32. The molecule has 0 saturated heterocycles. The van der Waals surface area contributed by atoms with E-state index in [-0.39, 0.29) is 11.5 Å². The molecule has 0 atom stereocenters. The minimum atomic E-state index is 0.0810. The van der Waals surface area contributed by atoms with Crippen molar-refractivity contribution in [3.05, 3.63) is 41.4 Å². The average molecular weight is 262 g/mol. The quantitative estimate of drug-likeness (QED) is 0.703. The minimum Gasteiger partial charge on any atom is -0.508 e. The lowest BCUT2D eigenvalue weighted by Crippen LogP contribution is -1.78. The van der Waals surface area contributed by atoms with Crippen molar-refractivity contribution in [2.24, 2.45) is 0 Å². The number of nitrogens with zero attached hydrogens (tertiary/aromatic N) is 1. The van der Waals surface area contributed by atoms with Crippen molar-refractivity contribution >= 4 is 22.7 Å². The normalized spacial score (nSPS) is 10.9. The zero-order chi connectivity index (χ0) is 12.7. The first-order chi connectivity index (χ1) is 8.63. The summed E-state index contributed by atoms with van der Waals surface area (Å²) in [4.78, 5) is 4.24. The highest BCUT2D eigenvalue weighted by Gasteiger charge is 2.12. The summed E-state index contributed by atoms with van der Waals surface area (Å²) in [5.41, 5.74) is 1.70. The number of phenolic OH excluding ortho intramolecular Hbond substituents is 2. The van der Waals surface area contributed by atoms with Crippen molar-refractivity contribution in [1.29, 1.82) is 0 Å². The molecule has 90 valence electrons. The van der Waals surface area contributed by atoms with Crippen molar-refractivity contribution in [2.75, 3.05) is 0 Å². The van der Waals surface area contributed by atoms with E-state index in [1.807, 2.05) is 0 Å². The van der Waals surface area contributed by atoms with E-state index in [0.717, 1.165) is 0 Å². The molecule has 0 aliphatic heterocycles. The molecule has 0 radical (unpaired) electrons. The Morgan fingerprint density at radius 2 is 1.72 bits per heavy atom. The van der Waals surface area contributed by atoms with Crippen molar-refractivity contribution in [2.45, 2.75) is 0 Å². The van der Waals surface area contributed by atoms with Gasteiger partial charge in [0.05, 0.1) is 10.6 Å². The largest absolute Gasteiger partial charge is 0.508 e. The second-order valence-corrected chi connectivity index (χ2v) is 4.24. The van der Waals surface area contributed by atoms with Crippen LogP contribution in [-0.4, -0.2) is 15.2 Å². The zero-order valence-electron chi connectivity index (χ0n) is 9.09. The van der Waals surface area contributed by atoms with E-state index in [4.69, 9.17) is 16.0 Å². The molecule has 2 N–H and O–H groups in total. The van der Waals surface area contributed by atoms with E-state index in [1.165, 1.54) is 24.3 Å². The number of aromatic hydroxyl groups is 2. The van der Waals surface area contributed by atoms with Gasteiger partial charge >= 0.3 is 0 Å².